The molecule has 0 saturated heterocycles. The number of benzene rings is 1. The van der Waals surface area contributed by atoms with Gasteiger partial charge >= 0.3 is 0 Å². The lowest BCUT2D eigenvalue weighted by Gasteiger charge is -2.16. The third-order valence-electron chi connectivity index (χ3n) is 3.03. The van der Waals surface area contributed by atoms with E-state index in [1.165, 1.54) is 12.1 Å². The van der Waals surface area contributed by atoms with E-state index in [-0.39, 0.29) is 22.3 Å². The van der Waals surface area contributed by atoms with Gasteiger partial charge in [0.05, 0.1) is 4.90 Å². The first kappa shape index (κ1) is 18.2. The molecule has 1 unspecified atom stereocenters. The average Bonchev–Trinajstić information content (AvgIpc) is 2.55. The van der Waals surface area contributed by atoms with Gasteiger partial charge in [0, 0.05) is 0 Å². The third kappa shape index (κ3) is 4.70. The first-order valence-corrected chi connectivity index (χ1v) is 8.76. The predicted molar refractivity (Wildman–Crippen MR) is 86.5 cm³/mol. The molecular weight excluding hydrogens is 359 g/mol. The number of aromatic nitrogens is 2. The van der Waals surface area contributed by atoms with Gasteiger partial charge in [0.1, 0.15) is 11.9 Å². The quantitative estimate of drug-likeness (QED) is 0.807. The van der Waals surface area contributed by atoms with Crippen LogP contribution >= 0.6 is 11.6 Å². The van der Waals surface area contributed by atoms with E-state index in [2.05, 4.69) is 20.2 Å². The molecule has 0 spiro atoms. The number of hydrogen-bond acceptors (Lipinski definition) is 5. The van der Waals surface area contributed by atoms with E-state index in [0.717, 1.165) is 24.3 Å². The summed E-state index contributed by atoms with van der Waals surface area (Å²) < 4.78 is 39.7. The van der Waals surface area contributed by atoms with Crippen molar-refractivity contribution in [3.8, 4) is 0 Å². The van der Waals surface area contributed by atoms with E-state index in [4.69, 9.17) is 11.6 Å². The number of carbonyl (C=O) groups is 1. The van der Waals surface area contributed by atoms with Gasteiger partial charge in [0.2, 0.25) is 15.9 Å². The van der Waals surface area contributed by atoms with Crippen LogP contribution in [-0.4, -0.2) is 30.6 Å². The van der Waals surface area contributed by atoms with Crippen molar-refractivity contribution in [2.45, 2.75) is 24.3 Å². The summed E-state index contributed by atoms with van der Waals surface area (Å²) in [4.78, 5) is 12.1. The molecule has 1 heterocycles. The zero-order valence-electron chi connectivity index (χ0n) is 12.5. The molecule has 128 valence electrons. The van der Waals surface area contributed by atoms with E-state index >= 15 is 0 Å². The Morgan fingerprint density at radius 1 is 1.21 bits per heavy atom. The van der Waals surface area contributed by atoms with Gasteiger partial charge in [-0.2, -0.15) is 4.72 Å². The second-order valence-corrected chi connectivity index (χ2v) is 6.87. The first-order valence-electron chi connectivity index (χ1n) is 6.90. The summed E-state index contributed by atoms with van der Waals surface area (Å²) in [5.74, 6) is -1.01. The van der Waals surface area contributed by atoms with Crippen LogP contribution < -0.4 is 10.0 Å². The van der Waals surface area contributed by atoms with Crippen molar-refractivity contribution in [1.82, 2.24) is 14.9 Å². The van der Waals surface area contributed by atoms with E-state index in [1.54, 1.807) is 6.92 Å². The van der Waals surface area contributed by atoms with Crippen LogP contribution in [0.3, 0.4) is 0 Å². The van der Waals surface area contributed by atoms with Crippen LogP contribution in [0.1, 0.15) is 13.3 Å². The monoisotopic (exact) mass is 372 g/mol. The van der Waals surface area contributed by atoms with Crippen molar-refractivity contribution >= 4 is 33.3 Å². The molecule has 1 aromatic heterocycles. The Kier molecular flexibility index (Phi) is 5.81. The van der Waals surface area contributed by atoms with Crippen LogP contribution in [0.15, 0.2) is 41.3 Å². The van der Waals surface area contributed by atoms with E-state index < -0.39 is 27.8 Å². The van der Waals surface area contributed by atoms with Gasteiger partial charge in [0.25, 0.3) is 0 Å². The van der Waals surface area contributed by atoms with Crippen molar-refractivity contribution in [2.24, 2.45) is 0 Å². The predicted octanol–water partition coefficient (Wildman–Crippen LogP) is 1.96. The van der Waals surface area contributed by atoms with Gasteiger partial charge in [-0.25, -0.2) is 12.8 Å². The lowest BCUT2D eigenvalue weighted by molar-refractivity contribution is -0.117. The highest BCUT2D eigenvalue weighted by Crippen LogP contribution is 2.12. The molecule has 0 aliphatic rings. The van der Waals surface area contributed by atoms with Gasteiger partial charge in [-0.3, -0.25) is 4.79 Å². The molecule has 2 N–H and O–H groups in total. The standard InChI is InChI=1S/C14H14ClFN4O3S/c1-2-11(14(21)17-13-8-7-12(15)18-19-13)20-24(22,23)10-5-3-9(16)4-6-10/h3-8,11,20H,2H2,1H3,(H,17,19,21). The van der Waals surface area contributed by atoms with Crippen LogP contribution in [0.4, 0.5) is 10.2 Å². The molecule has 1 atom stereocenters. The second kappa shape index (κ2) is 7.65. The number of amides is 1. The van der Waals surface area contributed by atoms with Crippen molar-refractivity contribution < 1.29 is 17.6 Å². The summed E-state index contributed by atoms with van der Waals surface area (Å²) in [6.07, 6.45) is 0.202. The summed E-state index contributed by atoms with van der Waals surface area (Å²) in [7, 11) is -3.97. The maximum absolute atomic E-state index is 12.9. The van der Waals surface area contributed by atoms with Crippen molar-refractivity contribution in [3.05, 3.63) is 47.4 Å². The summed E-state index contributed by atoms with van der Waals surface area (Å²) in [6.45, 7) is 1.64. The number of halogens is 2. The molecule has 0 aliphatic carbocycles. The maximum atomic E-state index is 12.9. The molecule has 1 amide bonds. The zero-order valence-corrected chi connectivity index (χ0v) is 14.1. The fourth-order valence-electron chi connectivity index (χ4n) is 1.79. The molecule has 0 fully saturated rings. The molecular formula is C14H14ClFN4O3S. The van der Waals surface area contributed by atoms with E-state index in [0.29, 0.717) is 0 Å². The van der Waals surface area contributed by atoms with Crippen LogP contribution in [0.2, 0.25) is 5.15 Å². The minimum atomic E-state index is -3.97. The minimum Gasteiger partial charge on any atom is -0.308 e. The summed E-state index contributed by atoms with van der Waals surface area (Å²) >= 11 is 5.60. The highest BCUT2D eigenvalue weighted by Gasteiger charge is 2.24. The summed E-state index contributed by atoms with van der Waals surface area (Å²) in [5, 5.41) is 9.85. The number of nitrogens with zero attached hydrogens (tertiary/aromatic N) is 2. The van der Waals surface area contributed by atoms with E-state index in [9.17, 15) is 17.6 Å². The molecule has 1 aromatic carbocycles. The van der Waals surface area contributed by atoms with Crippen molar-refractivity contribution in [3.63, 3.8) is 0 Å². The number of anilines is 1. The van der Waals surface area contributed by atoms with Gasteiger partial charge in [0.15, 0.2) is 11.0 Å². The van der Waals surface area contributed by atoms with Crippen LogP contribution in [0.5, 0.6) is 0 Å². The Hall–Kier alpha value is -2.10. The van der Waals surface area contributed by atoms with E-state index in [1.807, 2.05) is 0 Å². The molecule has 2 aromatic rings. The average molecular weight is 373 g/mol. The highest BCUT2D eigenvalue weighted by atomic mass is 35.5. The van der Waals surface area contributed by atoms with Gasteiger partial charge in [-0.05, 0) is 42.8 Å². The number of nitrogens with one attached hydrogen (secondary N) is 2. The number of rotatable bonds is 6. The second-order valence-electron chi connectivity index (χ2n) is 4.77. The molecule has 0 radical (unpaired) electrons. The lowest BCUT2D eigenvalue weighted by Crippen LogP contribution is -2.43. The molecule has 0 saturated carbocycles. The molecule has 10 heteroatoms. The zero-order chi connectivity index (χ0) is 17.7. The molecule has 7 nitrogen and oxygen atoms in total. The fraction of sp³-hybridized carbons (Fsp3) is 0.214. The van der Waals surface area contributed by atoms with Crippen LogP contribution in [0, 0.1) is 5.82 Å². The Balaban J connectivity index is 2.11. The van der Waals surface area contributed by atoms with Crippen molar-refractivity contribution in [2.75, 3.05) is 5.32 Å². The van der Waals surface area contributed by atoms with Crippen LogP contribution in [0.25, 0.3) is 0 Å². The number of carbonyl (C=O) groups excluding carboxylic acids is 1. The molecule has 0 aliphatic heterocycles. The Morgan fingerprint density at radius 3 is 2.42 bits per heavy atom. The molecule has 24 heavy (non-hydrogen) atoms. The maximum Gasteiger partial charge on any atom is 0.243 e. The number of hydrogen-bond donors (Lipinski definition) is 2. The van der Waals surface area contributed by atoms with Crippen LogP contribution in [-0.2, 0) is 14.8 Å². The third-order valence-corrected chi connectivity index (χ3v) is 4.72. The van der Waals surface area contributed by atoms with Crippen molar-refractivity contribution in [1.29, 1.82) is 0 Å². The SMILES string of the molecule is CCC(NS(=O)(=O)c1ccc(F)cc1)C(=O)Nc1ccc(Cl)nn1. The molecule has 0 bridgehead atoms. The first-order chi connectivity index (χ1) is 11.3. The Morgan fingerprint density at radius 2 is 1.88 bits per heavy atom. The summed E-state index contributed by atoms with van der Waals surface area (Å²) in [5.41, 5.74) is 0. The Bertz CT molecular complexity index is 813. The smallest absolute Gasteiger partial charge is 0.243 e. The highest BCUT2D eigenvalue weighted by molar-refractivity contribution is 7.89. The molecule has 2 rings (SSSR count). The normalized spacial score (nSPS) is 12.6. The summed E-state index contributed by atoms with van der Waals surface area (Å²) in [6, 6.07) is 6.14. The number of sulfonamides is 1. The van der Waals surface area contributed by atoms with Gasteiger partial charge in [-0.1, -0.05) is 18.5 Å². The fourth-order valence-corrected chi connectivity index (χ4v) is 3.17. The largest absolute Gasteiger partial charge is 0.308 e. The Labute approximate surface area is 143 Å². The van der Waals surface area contributed by atoms with Gasteiger partial charge in [-0.15, -0.1) is 10.2 Å². The lowest BCUT2D eigenvalue weighted by atomic mass is 10.2. The minimum absolute atomic E-state index is 0.138. The topological polar surface area (TPSA) is 101 Å². The van der Waals surface area contributed by atoms with Gasteiger partial charge < -0.3 is 5.32 Å².